The molecule has 0 spiro atoms. The second-order valence-corrected chi connectivity index (χ2v) is 14.9. The number of esters is 1. The highest BCUT2D eigenvalue weighted by molar-refractivity contribution is 7.47. The van der Waals surface area contributed by atoms with E-state index in [-0.39, 0.29) is 12.8 Å². The van der Waals surface area contributed by atoms with Crippen molar-refractivity contribution in [1.29, 1.82) is 0 Å². The number of aliphatic carboxylic acids is 1. The maximum Gasteiger partial charge on any atom is 0.472 e. The maximum atomic E-state index is 12.2. The van der Waals surface area contributed by atoms with Crippen LogP contribution in [0.2, 0.25) is 0 Å². The van der Waals surface area contributed by atoms with Crippen LogP contribution in [0.15, 0.2) is 24.3 Å². The molecule has 12 heteroatoms. The number of amides is 1. The fourth-order valence-corrected chi connectivity index (χ4v) is 6.06. The van der Waals surface area contributed by atoms with Crippen LogP contribution in [0.1, 0.15) is 174 Å². The molecular weight excluding hydrogens is 673 g/mol. The first-order chi connectivity index (χ1) is 24.6. The van der Waals surface area contributed by atoms with Crippen LogP contribution in [0.3, 0.4) is 0 Å². The summed E-state index contributed by atoms with van der Waals surface area (Å²) < 4.78 is 26.7. The SMILES string of the molecule is CCCC/C=C\CCCCCCCC(=O)NC(COP(=O)(O)OCC(O)COC(=O)CCCCCCC/C=C\CCCCCCCCC)C(=O)O. The molecule has 0 aromatic heterocycles. The Labute approximate surface area is 309 Å². The number of carbonyl (C=O) groups is 3. The molecule has 51 heavy (non-hydrogen) atoms. The molecule has 0 saturated carbocycles. The summed E-state index contributed by atoms with van der Waals surface area (Å²) in [5.74, 6) is -2.40. The molecule has 0 bridgehead atoms. The van der Waals surface area contributed by atoms with Gasteiger partial charge in [-0.15, -0.1) is 0 Å². The van der Waals surface area contributed by atoms with Crippen LogP contribution in [0.25, 0.3) is 0 Å². The molecule has 0 aliphatic heterocycles. The van der Waals surface area contributed by atoms with Crippen molar-refractivity contribution < 1.29 is 47.8 Å². The first kappa shape index (κ1) is 49.0. The predicted octanol–water partition coefficient (Wildman–Crippen LogP) is 9.50. The highest BCUT2D eigenvalue weighted by Crippen LogP contribution is 2.43. The Balaban J connectivity index is 3.94. The summed E-state index contributed by atoms with van der Waals surface area (Å²) in [6.07, 6.45) is 33.6. The van der Waals surface area contributed by atoms with Gasteiger partial charge in [0.2, 0.25) is 5.91 Å². The molecular formula is C39H72NO10P. The van der Waals surface area contributed by atoms with E-state index in [1.807, 2.05) is 0 Å². The molecule has 3 unspecified atom stereocenters. The zero-order valence-corrected chi connectivity index (χ0v) is 32.8. The average Bonchev–Trinajstić information content (AvgIpc) is 3.10. The zero-order chi connectivity index (χ0) is 37.8. The Kier molecular flexibility index (Phi) is 33.6. The van der Waals surface area contributed by atoms with Gasteiger partial charge in [0, 0.05) is 12.8 Å². The molecule has 3 atom stereocenters. The molecule has 0 aromatic rings. The molecule has 1 amide bonds. The van der Waals surface area contributed by atoms with Crippen molar-refractivity contribution in [2.24, 2.45) is 0 Å². The fourth-order valence-electron chi connectivity index (χ4n) is 5.29. The van der Waals surface area contributed by atoms with Crippen molar-refractivity contribution in [1.82, 2.24) is 5.32 Å². The van der Waals surface area contributed by atoms with E-state index >= 15 is 0 Å². The van der Waals surface area contributed by atoms with Gasteiger partial charge in [0.25, 0.3) is 0 Å². The number of ether oxygens (including phenoxy) is 1. The van der Waals surface area contributed by atoms with Gasteiger partial charge in [-0.25, -0.2) is 9.36 Å². The normalized spacial score (nSPS) is 14.1. The lowest BCUT2D eigenvalue weighted by atomic mass is 10.1. The largest absolute Gasteiger partial charge is 0.480 e. The van der Waals surface area contributed by atoms with E-state index in [1.165, 1.54) is 57.8 Å². The second kappa shape index (κ2) is 35.0. The van der Waals surface area contributed by atoms with E-state index in [4.69, 9.17) is 13.8 Å². The molecule has 0 saturated heterocycles. The van der Waals surface area contributed by atoms with Crippen LogP contribution in [-0.4, -0.2) is 64.9 Å². The van der Waals surface area contributed by atoms with Gasteiger partial charge in [0.1, 0.15) is 12.7 Å². The molecule has 0 aliphatic rings. The van der Waals surface area contributed by atoms with Crippen LogP contribution in [0.4, 0.5) is 0 Å². The van der Waals surface area contributed by atoms with Gasteiger partial charge in [-0.2, -0.15) is 0 Å². The molecule has 0 fully saturated rings. The molecule has 0 heterocycles. The van der Waals surface area contributed by atoms with Gasteiger partial charge >= 0.3 is 19.8 Å². The van der Waals surface area contributed by atoms with Crippen LogP contribution < -0.4 is 5.32 Å². The monoisotopic (exact) mass is 745 g/mol. The van der Waals surface area contributed by atoms with Crippen molar-refractivity contribution >= 4 is 25.7 Å². The Morgan fingerprint density at radius 2 is 1.04 bits per heavy atom. The Bertz CT molecular complexity index is 974. The average molecular weight is 746 g/mol. The number of carboxylic acids is 1. The second-order valence-electron chi connectivity index (χ2n) is 13.5. The number of hydrogen-bond donors (Lipinski definition) is 4. The van der Waals surface area contributed by atoms with E-state index in [0.717, 1.165) is 77.0 Å². The summed E-state index contributed by atoms with van der Waals surface area (Å²) in [4.78, 5) is 45.7. The number of aliphatic hydroxyl groups excluding tert-OH is 1. The fraction of sp³-hybridized carbons (Fsp3) is 0.821. The van der Waals surface area contributed by atoms with Crippen molar-refractivity contribution in [2.75, 3.05) is 19.8 Å². The quantitative estimate of drug-likeness (QED) is 0.0208. The van der Waals surface area contributed by atoms with Gasteiger partial charge in [-0.1, -0.05) is 128 Å². The Morgan fingerprint density at radius 3 is 1.55 bits per heavy atom. The van der Waals surface area contributed by atoms with Crippen LogP contribution in [0, 0.1) is 0 Å². The number of hydrogen-bond acceptors (Lipinski definition) is 8. The van der Waals surface area contributed by atoms with Crippen molar-refractivity contribution in [3.05, 3.63) is 24.3 Å². The first-order valence-electron chi connectivity index (χ1n) is 19.9. The van der Waals surface area contributed by atoms with E-state index in [0.29, 0.717) is 12.8 Å². The van der Waals surface area contributed by atoms with Crippen molar-refractivity contribution in [3.8, 4) is 0 Å². The topological polar surface area (TPSA) is 169 Å². The summed E-state index contributed by atoms with van der Waals surface area (Å²) in [6.45, 7) is 2.51. The predicted molar refractivity (Wildman–Crippen MR) is 203 cm³/mol. The molecule has 0 radical (unpaired) electrons. The lowest BCUT2D eigenvalue weighted by Crippen LogP contribution is -2.43. The highest BCUT2D eigenvalue weighted by Gasteiger charge is 2.28. The lowest BCUT2D eigenvalue weighted by molar-refractivity contribution is -0.147. The van der Waals surface area contributed by atoms with Gasteiger partial charge in [0.15, 0.2) is 6.04 Å². The van der Waals surface area contributed by atoms with Crippen molar-refractivity contribution in [3.63, 3.8) is 0 Å². The number of phosphoric ester groups is 1. The number of rotatable bonds is 37. The summed E-state index contributed by atoms with van der Waals surface area (Å²) in [7, 11) is -4.75. The minimum Gasteiger partial charge on any atom is -0.480 e. The molecule has 11 nitrogen and oxygen atoms in total. The smallest absolute Gasteiger partial charge is 0.472 e. The number of carboxylic acid groups (broad SMARTS) is 1. The van der Waals surface area contributed by atoms with Gasteiger partial charge in [-0.3, -0.25) is 18.6 Å². The molecule has 0 aliphatic carbocycles. The molecule has 0 rings (SSSR count). The van der Waals surface area contributed by atoms with E-state index in [1.54, 1.807) is 0 Å². The molecule has 4 N–H and O–H groups in total. The minimum atomic E-state index is -4.75. The summed E-state index contributed by atoms with van der Waals surface area (Å²) in [5, 5.41) is 21.7. The van der Waals surface area contributed by atoms with Gasteiger partial charge in [0.05, 0.1) is 13.2 Å². The third kappa shape index (κ3) is 34.8. The third-order valence-corrected chi connectivity index (χ3v) is 9.41. The van der Waals surface area contributed by atoms with E-state index < -0.39 is 57.6 Å². The van der Waals surface area contributed by atoms with Crippen LogP contribution in [-0.2, 0) is 32.7 Å². The Hall–Kier alpha value is -2.04. The first-order valence-corrected chi connectivity index (χ1v) is 21.4. The number of unbranched alkanes of at least 4 members (excludes halogenated alkanes) is 19. The summed E-state index contributed by atoms with van der Waals surface area (Å²) >= 11 is 0. The third-order valence-electron chi connectivity index (χ3n) is 8.46. The number of carbonyl (C=O) groups excluding carboxylic acids is 2. The molecule has 0 aromatic carbocycles. The standard InChI is InChI=1S/C39H72NO10P/c1-3-5-7-9-11-13-15-16-17-18-19-21-23-25-27-29-31-38(43)48-32-35(41)33-49-51(46,47)50-34-36(39(44)45)40-37(42)30-28-26-24-22-20-14-12-10-8-6-4-2/h10,12,17-18,35-36,41H,3-9,11,13-16,19-34H2,1-2H3,(H,40,42)(H,44,45)(H,46,47)/b12-10-,18-17-. The summed E-state index contributed by atoms with van der Waals surface area (Å²) in [5.41, 5.74) is 0. The summed E-state index contributed by atoms with van der Waals surface area (Å²) in [6, 6.07) is -1.55. The van der Waals surface area contributed by atoms with Crippen LogP contribution >= 0.6 is 7.82 Å². The highest BCUT2D eigenvalue weighted by atomic mass is 31.2. The van der Waals surface area contributed by atoms with Crippen molar-refractivity contribution in [2.45, 2.75) is 187 Å². The lowest BCUT2D eigenvalue weighted by Gasteiger charge is -2.18. The van der Waals surface area contributed by atoms with Gasteiger partial charge < -0.3 is 25.2 Å². The number of phosphoric acid groups is 1. The van der Waals surface area contributed by atoms with Crippen LogP contribution in [0.5, 0.6) is 0 Å². The van der Waals surface area contributed by atoms with E-state index in [9.17, 15) is 34.1 Å². The number of nitrogens with one attached hydrogen (secondary N) is 1. The zero-order valence-electron chi connectivity index (χ0n) is 31.9. The minimum absolute atomic E-state index is 0.135. The Morgan fingerprint density at radius 1 is 0.608 bits per heavy atom. The van der Waals surface area contributed by atoms with Gasteiger partial charge in [-0.05, 0) is 57.8 Å². The molecule has 298 valence electrons. The number of allylic oxidation sites excluding steroid dienone is 4. The maximum absolute atomic E-state index is 12.2. The van der Waals surface area contributed by atoms with E-state index in [2.05, 4.69) is 43.5 Å². The number of aliphatic hydroxyl groups is 1.